The largest absolute Gasteiger partial charge is 0.472 e. The van der Waals surface area contributed by atoms with Gasteiger partial charge in [0.15, 0.2) is 6.10 Å². The minimum Gasteiger partial charge on any atom is -0.462 e. The number of carbonyl (C=O) groups excluding carboxylic acids is 2. The van der Waals surface area contributed by atoms with Crippen molar-refractivity contribution >= 4 is 19.8 Å². The first-order valence-electron chi connectivity index (χ1n) is 27.8. The molecule has 0 radical (unpaired) electrons. The lowest BCUT2D eigenvalue weighted by Crippen LogP contribution is -2.29. The lowest BCUT2D eigenvalue weighted by Gasteiger charge is -2.19. The van der Waals surface area contributed by atoms with E-state index in [1.165, 1.54) is 161 Å². The van der Waals surface area contributed by atoms with Crippen LogP contribution in [0.4, 0.5) is 0 Å². The summed E-state index contributed by atoms with van der Waals surface area (Å²) in [4.78, 5) is 35.2. The van der Waals surface area contributed by atoms with E-state index in [0.29, 0.717) is 6.42 Å². The van der Waals surface area contributed by atoms with E-state index in [2.05, 4.69) is 74.6 Å². The van der Waals surface area contributed by atoms with Gasteiger partial charge in [0.05, 0.1) is 13.2 Å². The highest BCUT2D eigenvalue weighted by atomic mass is 31.2. The molecule has 0 aliphatic heterocycles. The number of phosphoric acid groups is 1. The Morgan fingerprint density at radius 1 is 0.463 bits per heavy atom. The van der Waals surface area contributed by atoms with E-state index in [1.807, 2.05) is 0 Å². The molecule has 0 aromatic heterocycles. The number of rotatable bonds is 52. The van der Waals surface area contributed by atoms with Crippen LogP contribution >= 0.6 is 7.82 Å². The Labute approximate surface area is 412 Å². The van der Waals surface area contributed by atoms with Crippen molar-refractivity contribution in [3.63, 3.8) is 0 Å². The third-order valence-corrected chi connectivity index (χ3v) is 12.9. The molecule has 0 aromatic rings. The maximum atomic E-state index is 12.7. The fourth-order valence-electron chi connectivity index (χ4n) is 7.80. The van der Waals surface area contributed by atoms with Gasteiger partial charge in [-0.1, -0.05) is 229 Å². The lowest BCUT2D eigenvalue weighted by molar-refractivity contribution is -0.161. The first kappa shape index (κ1) is 64.7. The molecule has 0 rings (SSSR count). The Bertz CT molecular complexity index is 1280. The predicted molar refractivity (Wildman–Crippen MR) is 284 cm³/mol. The summed E-state index contributed by atoms with van der Waals surface area (Å²) >= 11 is 0. The number of nitrogens with two attached hydrogens (primary N) is 1. The normalized spacial score (nSPS) is 13.6. The fraction of sp³-hybridized carbons (Fsp3) is 0.789. The fourth-order valence-corrected chi connectivity index (χ4v) is 8.56. The first-order chi connectivity index (χ1) is 32.8. The van der Waals surface area contributed by atoms with Gasteiger partial charge in [0.25, 0.3) is 0 Å². The van der Waals surface area contributed by atoms with Crippen LogP contribution in [-0.2, 0) is 32.7 Å². The zero-order valence-corrected chi connectivity index (χ0v) is 44.3. The van der Waals surface area contributed by atoms with E-state index < -0.39 is 26.5 Å². The van der Waals surface area contributed by atoms with Crippen LogP contribution < -0.4 is 5.73 Å². The summed E-state index contributed by atoms with van der Waals surface area (Å²) in [6.45, 7) is 3.65. The van der Waals surface area contributed by atoms with Gasteiger partial charge in [-0.25, -0.2) is 4.57 Å². The van der Waals surface area contributed by atoms with E-state index in [0.717, 1.165) is 64.2 Å². The summed E-state index contributed by atoms with van der Waals surface area (Å²) in [5.74, 6) is -0.826. The van der Waals surface area contributed by atoms with Gasteiger partial charge in [0.1, 0.15) is 6.61 Å². The standard InChI is InChI=1S/C57H104NO8P/c1-3-5-7-9-11-13-15-17-19-21-23-25-26-27-28-30-32-34-36-38-40-42-44-46-48-50-57(60)66-55(54-65-67(61,62)64-52-51-58)53-63-56(59)49-47-45-43-41-39-37-35-33-31-29-24-22-20-18-16-14-12-10-8-6-4-2/h5,7,11,13,17,19,22-25,55H,3-4,6,8-10,12,14-16,18,20-21,26-54,58H2,1-2H3,(H,61,62)/b7-5-,13-11-,19-17-,24-22-,25-23-. The van der Waals surface area contributed by atoms with Crippen LogP contribution in [-0.4, -0.2) is 49.3 Å². The average Bonchev–Trinajstić information content (AvgIpc) is 3.32. The molecule has 67 heavy (non-hydrogen) atoms. The maximum Gasteiger partial charge on any atom is 0.472 e. The molecule has 0 saturated carbocycles. The minimum atomic E-state index is -4.39. The van der Waals surface area contributed by atoms with Gasteiger partial charge in [-0.3, -0.25) is 18.6 Å². The van der Waals surface area contributed by atoms with Crippen LogP contribution in [0.1, 0.15) is 258 Å². The van der Waals surface area contributed by atoms with Crippen molar-refractivity contribution in [2.75, 3.05) is 26.4 Å². The maximum absolute atomic E-state index is 12.7. The number of ether oxygens (including phenoxy) is 2. The Kier molecular flexibility index (Phi) is 51.3. The molecule has 2 atom stereocenters. The molecule has 0 heterocycles. The number of hydrogen-bond acceptors (Lipinski definition) is 8. The molecular formula is C57H104NO8P. The Hall–Kier alpha value is -2.29. The second-order valence-electron chi connectivity index (χ2n) is 18.4. The van der Waals surface area contributed by atoms with Crippen molar-refractivity contribution in [3.05, 3.63) is 60.8 Å². The van der Waals surface area contributed by atoms with Gasteiger partial charge in [-0.15, -0.1) is 0 Å². The number of phosphoric ester groups is 1. The molecule has 0 amide bonds. The molecule has 10 heteroatoms. The van der Waals surface area contributed by atoms with Crippen LogP contribution in [0.25, 0.3) is 0 Å². The highest BCUT2D eigenvalue weighted by Crippen LogP contribution is 2.43. The van der Waals surface area contributed by atoms with Crippen molar-refractivity contribution < 1.29 is 37.6 Å². The van der Waals surface area contributed by atoms with E-state index >= 15 is 0 Å². The van der Waals surface area contributed by atoms with E-state index in [-0.39, 0.29) is 38.6 Å². The number of unbranched alkanes of at least 4 members (excludes halogenated alkanes) is 29. The smallest absolute Gasteiger partial charge is 0.462 e. The number of hydrogen-bond donors (Lipinski definition) is 2. The monoisotopic (exact) mass is 962 g/mol. The summed E-state index contributed by atoms with van der Waals surface area (Å²) in [7, 11) is -4.39. The van der Waals surface area contributed by atoms with Crippen LogP contribution in [0, 0.1) is 0 Å². The van der Waals surface area contributed by atoms with Gasteiger partial charge in [0.2, 0.25) is 0 Å². The summed E-state index contributed by atoms with van der Waals surface area (Å²) in [6.07, 6.45) is 65.5. The van der Waals surface area contributed by atoms with Crippen molar-refractivity contribution in [2.24, 2.45) is 5.73 Å². The van der Waals surface area contributed by atoms with Crippen molar-refractivity contribution in [3.8, 4) is 0 Å². The van der Waals surface area contributed by atoms with E-state index in [1.54, 1.807) is 0 Å². The summed E-state index contributed by atoms with van der Waals surface area (Å²) in [6, 6.07) is 0. The quantitative estimate of drug-likeness (QED) is 0.0264. The average molecular weight is 962 g/mol. The Balaban J connectivity index is 4.00. The van der Waals surface area contributed by atoms with Crippen LogP contribution in [0.3, 0.4) is 0 Å². The molecule has 0 aliphatic rings. The zero-order chi connectivity index (χ0) is 48.8. The van der Waals surface area contributed by atoms with E-state index in [9.17, 15) is 19.0 Å². The summed E-state index contributed by atoms with van der Waals surface area (Å²) in [5, 5.41) is 0. The van der Waals surface area contributed by atoms with Gasteiger partial charge < -0.3 is 20.1 Å². The van der Waals surface area contributed by atoms with Gasteiger partial charge in [-0.05, 0) is 77.0 Å². The first-order valence-corrected chi connectivity index (χ1v) is 29.3. The molecule has 0 spiro atoms. The second kappa shape index (κ2) is 53.1. The third kappa shape index (κ3) is 52.9. The zero-order valence-electron chi connectivity index (χ0n) is 43.4. The highest BCUT2D eigenvalue weighted by molar-refractivity contribution is 7.47. The number of esters is 2. The van der Waals surface area contributed by atoms with E-state index in [4.69, 9.17) is 24.3 Å². The molecule has 0 bridgehead atoms. The van der Waals surface area contributed by atoms with Crippen LogP contribution in [0.15, 0.2) is 60.8 Å². The van der Waals surface area contributed by atoms with Crippen LogP contribution in [0.2, 0.25) is 0 Å². The SMILES string of the molecule is CC/C=C\C/C=C\C/C=C\C/C=C\CCCCCCCCCCCCCCC(=O)OC(COC(=O)CCCCCCCCCCC/C=C\CCCCCCCCCC)COP(=O)(O)OCCN. The minimum absolute atomic E-state index is 0.0517. The molecular weight excluding hydrogens is 858 g/mol. The van der Waals surface area contributed by atoms with Crippen molar-refractivity contribution in [1.29, 1.82) is 0 Å². The lowest BCUT2D eigenvalue weighted by atomic mass is 10.0. The van der Waals surface area contributed by atoms with Gasteiger partial charge in [0, 0.05) is 19.4 Å². The predicted octanol–water partition coefficient (Wildman–Crippen LogP) is 17.2. The molecule has 2 unspecified atom stereocenters. The highest BCUT2D eigenvalue weighted by Gasteiger charge is 2.26. The molecule has 390 valence electrons. The third-order valence-electron chi connectivity index (χ3n) is 11.9. The summed E-state index contributed by atoms with van der Waals surface area (Å²) in [5.41, 5.74) is 5.38. The molecule has 0 fully saturated rings. The number of allylic oxidation sites excluding steroid dienone is 10. The van der Waals surface area contributed by atoms with Gasteiger partial charge in [-0.2, -0.15) is 0 Å². The van der Waals surface area contributed by atoms with Gasteiger partial charge >= 0.3 is 19.8 Å². The number of carbonyl (C=O) groups is 2. The molecule has 3 N–H and O–H groups in total. The summed E-state index contributed by atoms with van der Waals surface area (Å²) < 4.78 is 33.0. The van der Waals surface area contributed by atoms with Crippen molar-refractivity contribution in [1.82, 2.24) is 0 Å². The second-order valence-corrected chi connectivity index (χ2v) is 19.9. The molecule has 0 aromatic carbocycles. The van der Waals surface area contributed by atoms with Crippen molar-refractivity contribution in [2.45, 2.75) is 264 Å². The Morgan fingerprint density at radius 2 is 0.821 bits per heavy atom. The van der Waals surface area contributed by atoms with Crippen LogP contribution in [0.5, 0.6) is 0 Å². The molecule has 0 saturated heterocycles. The Morgan fingerprint density at radius 3 is 1.24 bits per heavy atom. The topological polar surface area (TPSA) is 134 Å². The molecule has 9 nitrogen and oxygen atoms in total. The molecule has 0 aliphatic carbocycles.